The predicted octanol–water partition coefficient (Wildman–Crippen LogP) is 4.55. The molecule has 1 amide bonds. The summed E-state index contributed by atoms with van der Waals surface area (Å²) >= 11 is 0. The number of amides is 1. The van der Waals surface area contributed by atoms with E-state index in [0.717, 1.165) is 0 Å². The van der Waals surface area contributed by atoms with Crippen LogP contribution in [0.1, 0.15) is 41.6 Å². The standard InChI is InChI=1S/C19H19N3O3/c1-12(2)18-17(13(3)22-25-18)19(23)21-14-9-10-16(20-11-14)24-15-7-5-4-6-8-15/h4-12H,1-3H3,(H,21,23). The van der Waals surface area contributed by atoms with Crippen molar-refractivity contribution in [1.82, 2.24) is 10.1 Å². The molecule has 3 rings (SSSR count). The average molecular weight is 337 g/mol. The summed E-state index contributed by atoms with van der Waals surface area (Å²) in [5, 5.41) is 6.70. The summed E-state index contributed by atoms with van der Waals surface area (Å²) in [6, 6.07) is 12.8. The maximum absolute atomic E-state index is 12.5. The zero-order valence-electron chi connectivity index (χ0n) is 14.3. The van der Waals surface area contributed by atoms with Gasteiger partial charge in [-0.15, -0.1) is 0 Å². The van der Waals surface area contributed by atoms with Crippen molar-refractivity contribution in [3.63, 3.8) is 0 Å². The Hall–Kier alpha value is -3.15. The van der Waals surface area contributed by atoms with Crippen LogP contribution in [0.3, 0.4) is 0 Å². The maximum atomic E-state index is 12.5. The van der Waals surface area contributed by atoms with Gasteiger partial charge in [0.05, 0.1) is 17.6 Å². The minimum Gasteiger partial charge on any atom is -0.439 e. The minimum atomic E-state index is -0.263. The van der Waals surface area contributed by atoms with Crippen molar-refractivity contribution in [2.75, 3.05) is 5.32 Å². The maximum Gasteiger partial charge on any atom is 0.261 e. The first-order chi connectivity index (χ1) is 12.0. The molecule has 3 aromatic rings. The number of para-hydroxylation sites is 1. The Kier molecular flexibility index (Phi) is 4.79. The van der Waals surface area contributed by atoms with Gasteiger partial charge in [-0.2, -0.15) is 0 Å². The molecule has 0 aliphatic carbocycles. The lowest BCUT2D eigenvalue weighted by Gasteiger charge is -2.08. The molecular formula is C19H19N3O3. The van der Waals surface area contributed by atoms with Gasteiger partial charge in [0.2, 0.25) is 5.88 Å². The number of carbonyl (C=O) groups excluding carboxylic acids is 1. The van der Waals surface area contributed by atoms with Crippen LogP contribution in [-0.2, 0) is 0 Å². The first kappa shape index (κ1) is 16.7. The zero-order valence-corrected chi connectivity index (χ0v) is 14.3. The van der Waals surface area contributed by atoms with Crippen LogP contribution < -0.4 is 10.1 Å². The summed E-state index contributed by atoms with van der Waals surface area (Å²) in [5.74, 6) is 1.54. The highest BCUT2D eigenvalue weighted by atomic mass is 16.5. The molecule has 2 heterocycles. The first-order valence-electron chi connectivity index (χ1n) is 8.01. The van der Waals surface area contributed by atoms with Crippen LogP contribution in [-0.4, -0.2) is 16.0 Å². The smallest absolute Gasteiger partial charge is 0.261 e. The van der Waals surface area contributed by atoms with Crippen LogP contribution in [0.15, 0.2) is 53.2 Å². The summed E-state index contributed by atoms with van der Waals surface area (Å²) in [5.41, 5.74) is 1.61. The second-order valence-electron chi connectivity index (χ2n) is 5.92. The van der Waals surface area contributed by atoms with E-state index in [-0.39, 0.29) is 11.8 Å². The molecule has 0 saturated heterocycles. The van der Waals surface area contributed by atoms with Crippen molar-refractivity contribution in [3.8, 4) is 11.6 Å². The molecule has 0 spiro atoms. The van der Waals surface area contributed by atoms with E-state index in [0.29, 0.717) is 34.3 Å². The second-order valence-corrected chi connectivity index (χ2v) is 5.92. The first-order valence-corrected chi connectivity index (χ1v) is 8.01. The van der Waals surface area contributed by atoms with Crippen molar-refractivity contribution in [2.45, 2.75) is 26.7 Å². The van der Waals surface area contributed by atoms with Gasteiger partial charge in [-0.25, -0.2) is 4.98 Å². The van der Waals surface area contributed by atoms with E-state index in [9.17, 15) is 4.79 Å². The quantitative estimate of drug-likeness (QED) is 0.739. The van der Waals surface area contributed by atoms with Crippen molar-refractivity contribution in [1.29, 1.82) is 0 Å². The van der Waals surface area contributed by atoms with E-state index < -0.39 is 0 Å². The molecule has 6 heteroatoms. The number of hydrogen-bond donors (Lipinski definition) is 1. The number of aryl methyl sites for hydroxylation is 1. The SMILES string of the molecule is Cc1noc(C(C)C)c1C(=O)Nc1ccc(Oc2ccccc2)nc1. The van der Waals surface area contributed by atoms with Gasteiger partial charge in [0.25, 0.3) is 5.91 Å². The molecule has 0 bridgehead atoms. The zero-order chi connectivity index (χ0) is 17.8. The molecule has 1 N–H and O–H groups in total. The van der Waals surface area contributed by atoms with Gasteiger partial charge in [0, 0.05) is 12.0 Å². The summed E-state index contributed by atoms with van der Waals surface area (Å²) < 4.78 is 10.9. The Labute approximate surface area is 145 Å². The number of ether oxygens (including phenoxy) is 1. The minimum absolute atomic E-state index is 0.0710. The van der Waals surface area contributed by atoms with E-state index in [1.54, 1.807) is 25.3 Å². The number of benzene rings is 1. The molecule has 0 aliphatic heterocycles. The fraction of sp³-hybridized carbons (Fsp3) is 0.211. The molecule has 2 aromatic heterocycles. The van der Waals surface area contributed by atoms with E-state index >= 15 is 0 Å². The molecule has 0 saturated carbocycles. The van der Waals surface area contributed by atoms with E-state index in [4.69, 9.17) is 9.26 Å². The monoisotopic (exact) mass is 337 g/mol. The molecule has 0 aliphatic rings. The van der Waals surface area contributed by atoms with Crippen LogP contribution in [0.5, 0.6) is 11.6 Å². The number of rotatable bonds is 5. The van der Waals surface area contributed by atoms with Crippen molar-refractivity contribution in [3.05, 3.63) is 65.7 Å². The molecule has 0 radical (unpaired) electrons. The van der Waals surface area contributed by atoms with Gasteiger partial charge >= 0.3 is 0 Å². The second kappa shape index (κ2) is 7.17. The number of carbonyl (C=O) groups is 1. The molecule has 0 atom stereocenters. The highest BCUT2D eigenvalue weighted by molar-refractivity contribution is 6.05. The summed E-state index contributed by atoms with van der Waals surface area (Å²) in [6.45, 7) is 5.65. The van der Waals surface area contributed by atoms with Crippen molar-refractivity contribution >= 4 is 11.6 Å². The molecule has 1 aromatic carbocycles. The highest BCUT2D eigenvalue weighted by Gasteiger charge is 2.22. The van der Waals surface area contributed by atoms with Crippen LogP contribution in [0, 0.1) is 6.92 Å². The Morgan fingerprint density at radius 3 is 2.56 bits per heavy atom. The van der Waals surface area contributed by atoms with Crippen LogP contribution >= 0.6 is 0 Å². The number of nitrogens with zero attached hydrogens (tertiary/aromatic N) is 2. The molecular weight excluding hydrogens is 318 g/mol. The van der Waals surface area contributed by atoms with E-state index in [2.05, 4.69) is 15.5 Å². The fourth-order valence-electron chi connectivity index (χ4n) is 2.37. The van der Waals surface area contributed by atoms with E-state index in [1.807, 2.05) is 44.2 Å². The molecule has 25 heavy (non-hydrogen) atoms. The number of anilines is 1. The number of aromatic nitrogens is 2. The predicted molar refractivity (Wildman–Crippen MR) is 94.0 cm³/mol. The van der Waals surface area contributed by atoms with Crippen molar-refractivity contribution in [2.24, 2.45) is 0 Å². The Morgan fingerprint density at radius 2 is 1.92 bits per heavy atom. The van der Waals surface area contributed by atoms with Crippen LogP contribution in [0.25, 0.3) is 0 Å². The van der Waals surface area contributed by atoms with Gasteiger partial charge in [0.15, 0.2) is 5.76 Å². The molecule has 6 nitrogen and oxygen atoms in total. The topological polar surface area (TPSA) is 77.2 Å². The van der Waals surface area contributed by atoms with Gasteiger partial charge in [-0.1, -0.05) is 37.2 Å². The van der Waals surface area contributed by atoms with E-state index in [1.165, 1.54) is 0 Å². The third kappa shape index (κ3) is 3.85. The number of pyridine rings is 1. The van der Waals surface area contributed by atoms with Crippen molar-refractivity contribution < 1.29 is 14.1 Å². The largest absolute Gasteiger partial charge is 0.439 e. The molecule has 128 valence electrons. The Morgan fingerprint density at radius 1 is 1.16 bits per heavy atom. The fourth-order valence-corrected chi connectivity index (χ4v) is 2.37. The highest BCUT2D eigenvalue weighted by Crippen LogP contribution is 2.24. The molecule has 0 fully saturated rings. The van der Waals surface area contributed by atoms with Crippen LogP contribution in [0.2, 0.25) is 0 Å². The average Bonchev–Trinajstić information content (AvgIpc) is 2.99. The third-order valence-corrected chi connectivity index (χ3v) is 3.60. The lowest BCUT2D eigenvalue weighted by atomic mass is 10.0. The molecule has 0 unspecified atom stereocenters. The Bertz CT molecular complexity index is 855. The van der Waals surface area contributed by atoms with Gasteiger partial charge in [-0.05, 0) is 25.1 Å². The lowest BCUT2D eigenvalue weighted by molar-refractivity contribution is 0.102. The van der Waals surface area contributed by atoms with Crippen LogP contribution in [0.4, 0.5) is 5.69 Å². The normalized spacial score (nSPS) is 10.7. The summed E-state index contributed by atoms with van der Waals surface area (Å²) in [4.78, 5) is 16.7. The summed E-state index contributed by atoms with van der Waals surface area (Å²) in [7, 11) is 0. The Balaban J connectivity index is 1.71. The number of nitrogens with one attached hydrogen (secondary N) is 1. The van der Waals surface area contributed by atoms with Gasteiger partial charge < -0.3 is 14.6 Å². The summed E-state index contributed by atoms with van der Waals surface area (Å²) in [6.07, 6.45) is 1.55. The van der Waals surface area contributed by atoms with Gasteiger partial charge in [-0.3, -0.25) is 4.79 Å². The van der Waals surface area contributed by atoms with Gasteiger partial charge in [0.1, 0.15) is 11.3 Å². The lowest BCUT2D eigenvalue weighted by Crippen LogP contribution is -2.15. The third-order valence-electron chi connectivity index (χ3n) is 3.60. The number of hydrogen-bond acceptors (Lipinski definition) is 5.